The SMILES string of the molecule is CCOc1ccccc1CCCNC(=O)CN(Cc1ccccc1Cl)S(C)(=O)=O. The summed E-state index contributed by atoms with van der Waals surface area (Å²) in [5, 5.41) is 3.26. The number of nitrogens with zero attached hydrogens (tertiary/aromatic N) is 1. The first kappa shape index (κ1) is 23.2. The number of carbonyl (C=O) groups is 1. The minimum absolute atomic E-state index is 0.0493. The molecule has 0 aromatic heterocycles. The zero-order valence-electron chi connectivity index (χ0n) is 16.7. The average Bonchev–Trinajstić information content (AvgIpc) is 2.67. The van der Waals surface area contributed by atoms with Crippen LogP contribution in [0, 0.1) is 0 Å². The van der Waals surface area contributed by atoms with E-state index in [4.69, 9.17) is 16.3 Å². The number of amides is 1. The first-order valence-corrected chi connectivity index (χ1v) is 11.7. The summed E-state index contributed by atoms with van der Waals surface area (Å²) in [6.07, 6.45) is 2.56. The summed E-state index contributed by atoms with van der Waals surface area (Å²) >= 11 is 6.12. The van der Waals surface area contributed by atoms with Gasteiger partial charge in [0.2, 0.25) is 15.9 Å². The monoisotopic (exact) mass is 438 g/mol. The van der Waals surface area contributed by atoms with E-state index in [1.807, 2.05) is 31.2 Å². The molecule has 158 valence electrons. The molecular weight excluding hydrogens is 412 g/mol. The van der Waals surface area contributed by atoms with Crippen LogP contribution in [0.25, 0.3) is 0 Å². The van der Waals surface area contributed by atoms with Gasteiger partial charge in [-0.25, -0.2) is 8.42 Å². The Morgan fingerprint density at radius 3 is 2.41 bits per heavy atom. The number of nitrogens with one attached hydrogen (secondary N) is 1. The van der Waals surface area contributed by atoms with Gasteiger partial charge >= 0.3 is 0 Å². The lowest BCUT2D eigenvalue weighted by atomic mass is 10.1. The first-order chi connectivity index (χ1) is 13.8. The highest BCUT2D eigenvalue weighted by atomic mass is 35.5. The van der Waals surface area contributed by atoms with Crippen molar-refractivity contribution in [3.8, 4) is 5.75 Å². The maximum atomic E-state index is 12.3. The van der Waals surface area contributed by atoms with Gasteiger partial charge in [-0.2, -0.15) is 4.31 Å². The van der Waals surface area contributed by atoms with E-state index in [1.165, 1.54) is 0 Å². The Bertz CT molecular complexity index is 918. The molecule has 0 bridgehead atoms. The molecule has 0 saturated carbocycles. The van der Waals surface area contributed by atoms with E-state index in [1.54, 1.807) is 24.3 Å². The van der Waals surface area contributed by atoms with E-state index < -0.39 is 10.0 Å². The molecule has 0 unspecified atom stereocenters. The number of para-hydroxylation sites is 1. The number of ether oxygens (including phenoxy) is 1. The highest BCUT2D eigenvalue weighted by Gasteiger charge is 2.21. The summed E-state index contributed by atoms with van der Waals surface area (Å²) < 4.78 is 30.9. The number of aryl methyl sites for hydroxylation is 1. The van der Waals surface area contributed by atoms with Gasteiger partial charge in [0.15, 0.2) is 0 Å². The van der Waals surface area contributed by atoms with Crippen molar-refractivity contribution in [2.45, 2.75) is 26.3 Å². The molecule has 0 fully saturated rings. The molecular formula is C21H27ClN2O4S. The van der Waals surface area contributed by atoms with Crippen LogP contribution in [0.15, 0.2) is 48.5 Å². The van der Waals surface area contributed by atoms with E-state index in [-0.39, 0.29) is 19.0 Å². The average molecular weight is 439 g/mol. The predicted octanol–water partition coefficient (Wildman–Crippen LogP) is 3.25. The molecule has 6 nitrogen and oxygen atoms in total. The van der Waals surface area contributed by atoms with Crippen LogP contribution < -0.4 is 10.1 Å². The van der Waals surface area contributed by atoms with Gasteiger partial charge in [0, 0.05) is 18.1 Å². The van der Waals surface area contributed by atoms with Gasteiger partial charge < -0.3 is 10.1 Å². The van der Waals surface area contributed by atoms with Gasteiger partial charge in [0.25, 0.3) is 0 Å². The van der Waals surface area contributed by atoms with Crippen LogP contribution >= 0.6 is 11.6 Å². The third kappa shape index (κ3) is 7.68. The van der Waals surface area contributed by atoms with E-state index in [2.05, 4.69) is 5.32 Å². The standard InChI is InChI=1S/C21H27ClN2O4S/c1-3-28-20-13-7-5-9-17(20)11-8-14-23-21(25)16-24(29(2,26)27)15-18-10-4-6-12-19(18)22/h4-7,9-10,12-13H,3,8,11,14-16H2,1-2H3,(H,23,25). The van der Waals surface area contributed by atoms with Crippen molar-refractivity contribution in [2.24, 2.45) is 0 Å². The van der Waals surface area contributed by atoms with E-state index in [9.17, 15) is 13.2 Å². The Hall–Kier alpha value is -2.09. The van der Waals surface area contributed by atoms with Crippen LogP contribution in [0.3, 0.4) is 0 Å². The number of sulfonamides is 1. The summed E-state index contributed by atoms with van der Waals surface area (Å²) in [5.41, 5.74) is 1.74. The predicted molar refractivity (Wildman–Crippen MR) is 116 cm³/mol. The quantitative estimate of drug-likeness (QED) is 0.546. The zero-order valence-corrected chi connectivity index (χ0v) is 18.3. The van der Waals surface area contributed by atoms with Gasteiger partial charge in [-0.3, -0.25) is 4.79 Å². The lowest BCUT2D eigenvalue weighted by Gasteiger charge is -2.20. The van der Waals surface area contributed by atoms with E-state index in [0.29, 0.717) is 23.7 Å². The third-order valence-corrected chi connectivity index (χ3v) is 5.88. The maximum Gasteiger partial charge on any atom is 0.235 e. The van der Waals surface area contributed by atoms with Gasteiger partial charge in [-0.05, 0) is 43.0 Å². The van der Waals surface area contributed by atoms with Crippen LogP contribution in [-0.2, 0) is 27.8 Å². The van der Waals surface area contributed by atoms with Crippen LogP contribution in [0.1, 0.15) is 24.5 Å². The topological polar surface area (TPSA) is 75.7 Å². The van der Waals surface area contributed by atoms with Crippen molar-refractivity contribution in [3.05, 3.63) is 64.7 Å². The number of hydrogen-bond donors (Lipinski definition) is 1. The Balaban J connectivity index is 1.87. The molecule has 0 aliphatic rings. The fourth-order valence-electron chi connectivity index (χ4n) is 2.84. The molecule has 0 radical (unpaired) electrons. The van der Waals surface area contributed by atoms with Crippen molar-refractivity contribution < 1.29 is 17.9 Å². The van der Waals surface area contributed by atoms with Crippen molar-refractivity contribution in [1.29, 1.82) is 0 Å². The minimum atomic E-state index is -3.56. The summed E-state index contributed by atoms with van der Waals surface area (Å²) in [6, 6.07) is 14.8. The molecule has 0 heterocycles. The molecule has 0 atom stereocenters. The second-order valence-electron chi connectivity index (χ2n) is 6.62. The summed E-state index contributed by atoms with van der Waals surface area (Å²) in [5.74, 6) is 0.505. The molecule has 1 amide bonds. The Morgan fingerprint density at radius 1 is 1.10 bits per heavy atom. The summed E-state index contributed by atoms with van der Waals surface area (Å²) in [4.78, 5) is 12.3. The zero-order chi connectivity index (χ0) is 21.3. The van der Waals surface area contributed by atoms with Gasteiger partial charge in [0.1, 0.15) is 5.75 Å². The molecule has 2 rings (SSSR count). The third-order valence-electron chi connectivity index (χ3n) is 4.31. The molecule has 2 aromatic carbocycles. The number of hydrogen-bond acceptors (Lipinski definition) is 4. The van der Waals surface area contributed by atoms with Crippen LogP contribution in [0.2, 0.25) is 5.02 Å². The number of rotatable bonds is 11. The highest BCUT2D eigenvalue weighted by molar-refractivity contribution is 7.88. The van der Waals surface area contributed by atoms with Crippen LogP contribution in [0.5, 0.6) is 5.75 Å². The van der Waals surface area contributed by atoms with Crippen LogP contribution in [0.4, 0.5) is 0 Å². The minimum Gasteiger partial charge on any atom is -0.494 e. The summed E-state index contributed by atoms with van der Waals surface area (Å²) in [6.45, 7) is 2.78. The van der Waals surface area contributed by atoms with Crippen LogP contribution in [-0.4, -0.2) is 44.6 Å². The molecule has 0 saturated heterocycles. The largest absolute Gasteiger partial charge is 0.494 e. The fourth-order valence-corrected chi connectivity index (χ4v) is 3.76. The maximum absolute atomic E-state index is 12.3. The number of carbonyl (C=O) groups excluding carboxylic acids is 1. The van der Waals surface area contributed by atoms with E-state index >= 15 is 0 Å². The first-order valence-electron chi connectivity index (χ1n) is 9.47. The van der Waals surface area contributed by atoms with Crippen molar-refractivity contribution >= 4 is 27.5 Å². The molecule has 8 heteroatoms. The Morgan fingerprint density at radius 2 is 1.76 bits per heavy atom. The van der Waals surface area contributed by atoms with Gasteiger partial charge in [-0.15, -0.1) is 0 Å². The second-order valence-corrected chi connectivity index (χ2v) is 9.01. The molecule has 29 heavy (non-hydrogen) atoms. The normalized spacial score (nSPS) is 11.4. The second kappa shape index (κ2) is 11.2. The van der Waals surface area contributed by atoms with Crippen molar-refractivity contribution in [1.82, 2.24) is 9.62 Å². The number of halogens is 1. The lowest BCUT2D eigenvalue weighted by Crippen LogP contribution is -2.40. The molecule has 0 aliphatic heterocycles. The van der Waals surface area contributed by atoms with Gasteiger partial charge in [-0.1, -0.05) is 48.0 Å². The molecule has 2 aromatic rings. The number of benzene rings is 2. The van der Waals surface area contributed by atoms with Gasteiger partial charge in [0.05, 0.1) is 19.4 Å². The Labute approximate surface area is 177 Å². The van der Waals surface area contributed by atoms with E-state index in [0.717, 1.165) is 34.7 Å². The molecule has 0 aliphatic carbocycles. The Kier molecular flexibility index (Phi) is 8.95. The van der Waals surface area contributed by atoms with Crippen molar-refractivity contribution in [3.63, 3.8) is 0 Å². The molecule has 1 N–H and O–H groups in total. The highest BCUT2D eigenvalue weighted by Crippen LogP contribution is 2.20. The fraction of sp³-hybridized carbons (Fsp3) is 0.381. The molecule has 0 spiro atoms. The smallest absolute Gasteiger partial charge is 0.235 e. The summed E-state index contributed by atoms with van der Waals surface area (Å²) in [7, 11) is -3.56. The van der Waals surface area contributed by atoms with Crippen molar-refractivity contribution in [2.75, 3.05) is 26.0 Å². The lowest BCUT2D eigenvalue weighted by molar-refractivity contribution is -0.121.